The molecule has 0 radical (unpaired) electrons. The lowest BCUT2D eigenvalue weighted by molar-refractivity contribution is -0.164. The van der Waals surface area contributed by atoms with Crippen molar-refractivity contribution in [3.8, 4) is 0 Å². The second-order valence-corrected chi connectivity index (χ2v) is 14.9. The predicted octanol–water partition coefficient (Wildman–Crippen LogP) is 4.98. The number of ether oxygens (including phenoxy) is 2. The molecule has 1 spiro atoms. The summed E-state index contributed by atoms with van der Waals surface area (Å²) >= 11 is 0. The third-order valence-corrected chi connectivity index (χ3v) is 10.3. The largest absolute Gasteiger partial charge is 0.411 e. The van der Waals surface area contributed by atoms with Gasteiger partial charge in [0.05, 0.1) is 18.3 Å². The van der Waals surface area contributed by atoms with E-state index < -0.39 is 15.1 Å². The van der Waals surface area contributed by atoms with Crippen molar-refractivity contribution in [2.45, 2.75) is 128 Å². The lowest BCUT2D eigenvalue weighted by atomic mass is 9.83. The van der Waals surface area contributed by atoms with Crippen molar-refractivity contribution in [1.82, 2.24) is 5.32 Å². The van der Waals surface area contributed by atoms with Crippen LogP contribution in [0.4, 0.5) is 0 Å². The second-order valence-electron chi connectivity index (χ2n) is 11.7. The summed E-state index contributed by atoms with van der Waals surface area (Å²) in [5.74, 6) is 0.542. The molecule has 3 fully saturated rings. The third-order valence-electron chi connectivity index (χ3n) is 7.80. The van der Waals surface area contributed by atoms with E-state index in [1.807, 2.05) is 0 Å². The SMILES string of the molecule is CC[SiH](CC)O[C@@H]1[C@@H](/C=C/C(C)=C/C[C@H]2CC[C@@H](NC(=O)/C=C\[C@H](C)O)CC2)OC(C)(C)C[C@@]12CO2. The normalized spacial score (nSPS) is 33.5. The van der Waals surface area contributed by atoms with Crippen molar-refractivity contribution in [2.24, 2.45) is 5.92 Å². The van der Waals surface area contributed by atoms with Crippen LogP contribution in [-0.2, 0) is 18.7 Å². The smallest absolute Gasteiger partial charge is 0.243 e. The number of carbonyl (C=O) groups is 1. The molecular formula is C29H49NO5Si. The topological polar surface area (TPSA) is 80.3 Å². The van der Waals surface area contributed by atoms with Gasteiger partial charge in [-0.25, -0.2) is 0 Å². The van der Waals surface area contributed by atoms with E-state index in [-0.39, 0.29) is 35.4 Å². The van der Waals surface area contributed by atoms with Gasteiger partial charge in [0.2, 0.25) is 5.91 Å². The molecule has 6 nitrogen and oxygen atoms in total. The molecule has 3 aliphatic rings. The minimum Gasteiger partial charge on any atom is -0.411 e. The molecule has 2 heterocycles. The Balaban J connectivity index is 1.52. The van der Waals surface area contributed by atoms with Gasteiger partial charge in [0.15, 0.2) is 9.04 Å². The quantitative estimate of drug-likeness (QED) is 0.174. The maximum Gasteiger partial charge on any atom is 0.243 e. The van der Waals surface area contributed by atoms with E-state index in [4.69, 9.17) is 13.9 Å². The summed E-state index contributed by atoms with van der Waals surface area (Å²) in [5.41, 5.74) is 0.855. The number of amides is 1. The van der Waals surface area contributed by atoms with E-state index in [1.165, 1.54) is 17.7 Å². The third kappa shape index (κ3) is 8.66. The summed E-state index contributed by atoms with van der Waals surface area (Å²) in [6.07, 6.45) is 15.2. The van der Waals surface area contributed by atoms with Crippen molar-refractivity contribution in [3.05, 3.63) is 36.0 Å². The second kappa shape index (κ2) is 13.0. The van der Waals surface area contributed by atoms with Gasteiger partial charge in [-0.3, -0.25) is 4.79 Å². The first-order valence-corrected chi connectivity index (χ1v) is 16.1. The van der Waals surface area contributed by atoms with Gasteiger partial charge in [-0.2, -0.15) is 0 Å². The molecule has 2 N–H and O–H groups in total. The monoisotopic (exact) mass is 519 g/mol. The van der Waals surface area contributed by atoms with Crippen LogP contribution in [0.5, 0.6) is 0 Å². The van der Waals surface area contributed by atoms with E-state index in [1.54, 1.807) is 6.92 Å². The molecule has 7 heteroatoms. The number of aliphatic hydroxyl groups is 1. The zero-order chi connectivity index (χ0) is 26.3. The van der Waals surface area contributed by atoms with E-state index in [0.717, 1.165) is 57.2 Å². The fourth-order valence-electron chi connectivity index (χ4n) is 5.67. The van der Waals surface area contributed by atoms with Crippen molar-refractivity contribution in [2.75, 3.05) is 6.61 Å². The van der Waals surface area contributed by atoms with Crippen LogP contribution in [0.25, 0.3) is 0 Å². The molecule has 0 aromatic heterocycles. The number of rotatable bonds is 11. The Labute approximate surface area is 220 Å². The Hall–Kier alpha value is -1.25. The van der Waals surface area contributed by atoms with Gasteiger partial charge in [-0.1, -0.05) is 43.7 Å². The van der Waals surface area contributed by atoms with Gasteiger partial charge < -0.3 is 24.3 Å². The van der Waals surface area contributed by atoms with Gasteiger partial charge >= 0.3 is 0 Å². The number of carbonyl (C=O) groups excluding carboxylic acids is 1. The Morgan fingerprint density at radius 1 is 1.19 bits per heavy atom. The Kier molecular flexibility index (Phi) is 10.6. The molecule has 1 saturated carbocycles. The molecule has 0 bridgehead atoms. The van der Waals surface area contributed by atoms with Crippen molar-refractivity contribution < 1.29 is 23.8 Å². The summed E-state index contributed by atoms with van der Waals surface area (Å²) in [4.78, 5) is 12.0. The van der Waals surface area contributed by atoms with Crippen LogP contribution in [0, 0.1) is 5.92 Å². The molecule has 36 heavy (non-hydrogen) atoms. The average molecular weight is 520 g/mol. The predicted molar refractivity (Wildman–Crippen MR) is 147 cm³/mol. The molecule has 2 saturated heterocycles. The average Bonchev–Trinajstić information content (AvgIpc) is 3.59. The van der Waals surface area contributed by atoms with Crippen LogP contribution in [0.1, 0.15) is 80.1 Å². The van der Waals surface area contributed by atoms with Gasteiger partial charge in [0.1, 0.15) is 17.8 Å². The van der Waals surface area contributed by atoms with Crippen LogP contribution in [0.15, 0.2) is 36.0 Å². The van der Waals surface area contributed by atoms with Crippen LogP contribution < -0.4 is 5.32 Å². The fraction of sp³-hybridized carbons (Fsp3) is 0.759. The molecule has 0 aromatic rings. The first kappa shape index (κ1) is 29.3. The van der Waals surface area contributed by atoms with E-state index in [9.17, 15) is 9.90 Å². The summed E-state index contributed by atoms with van der Waals surface area (Å²) in [5, 5.41) is 12.3. The van der Waals surface area contributed by atoms with Crippen molar-refractivity contribution >= 4 is 14.9 Å². The molecule has 4 atom stereocenters. The number of epoxide rings is 1. The first-order chi connectivity index (χ1) is 17.1. The molecule has 2 aliphatic heterocycles. The minimum atomic E-state index is -1.24. The molecular weight excluding hydrogens is 470 g/mol. The van der Waals surface area contributed by atoms with Gasteiger partial charge in [0.25, 0.3) is 0 Å². The first-order valence-electron chi connectivity index (χ1n) is 14.0. The summed E-state index contributed by atoms with van der Waals surface area (Å²) in [7, 11) is -1.24. The molecule has 3 rings (SSSR count). The maximum absolute atomic E-state index is 12.0. The fourth-order valence-corrected chi connectivity index (χ4v) is 7.45. The lowest BCUT2D eigenvalue weighted by Gasteiger charge is -2.45. The van der Waals surface area contributed by atoms with Crippen LogP contribution in [-0.4, -0.2) is 62.2 Å². The van der Waals surface area contributed by atoms with Gasteiger partial charge in [-0.05, 0) is 77.8 Å². The molecule has 204 valence electrons. The molecule has 0 unspecified atom stereocenters. The van der Waals surface area contributed by atoms with E-state index >= 15 is 0 Å². The number of nitrogens with one attached hydrogen (secondary N) is 1. The Morgan fingerprint density at radius 2 is 1.86 bits per heavy atom. The highest BCUT2D eigenvalue weighted by atomic mass is 28.3. The number of hydrogen-bond donors (Lipinski definition) is 2. The number of aliphatic hydroxyl groups excluding tert-OH is 1. The zero-order valence-corrected chi connectivity index (χ0v) is 24.4. The Morgan fingerprint density at radius 3 is 2.44 bits per heavy atom. The highest BCUT2D eigenvalue weighted by molar-refractivity contribution is 6.51. The zero-order valence-electron chi connectivity index (χ0n) is 23.3. The van der Waals surface area contributed by atoms with Gasteiger partial charge in [-0.15, -0.1) is 0 Å². The maximum atomic E-state index is 12.0. The standard InChI is InChI=1S/C29H49NO5Si/c1-7-36(8-2)35-27-25(34-28(5,6)19-29(27)20-33-29)17-10-21(3)9-12-23-13-15-24(16-14-23)30-26(32)18-11-22(4)31/h9-11,17-18,22-25,27,31,36H,7-8,12-16,19-20H2,1-6H3,(H,30,32)/b17-10+,18-11-,21-9+/t22-,23-,24+,25+,27+,29+/m0/s1. The van der Waals surface area contributed by atoms with Crippen molar-refractivity contribution in [3.63, 3.8) is 0 Å². The molecule has 1 aliphatic carbocycles. The molecule has 0 aromatic carbocycles. The summed E-state index contributed by atoms with van der Waals surface area (Å²) in [6, 6.07) is 2.50. The Bertz CT molecular complexity index is 804. The van der Waals surface area contributed by atoms with Gasteiger partial charge in [0, 0.05) is 18.5 Å². The van der Waals surface area contributed by atoms with Crippen molar-refractivity contribution in [1.29, 1.82) is 0 Å². The summed E-state index contributed by atoms with van der Waals surface area (Å²) in [6.45, 7) is 13.4. The van der Waals surface area contributed by atoms with Crippen LogP contribution >= 0.6 is 0 Å². The number of allylic oxidation sites excluding steroid dienone is 3. The molecule has 1 amide bonds. The van der Waals surface area contributed by atoms with Crippen LogP contribution in [0.3, 0.4) is 0 Å². The highest BCUT2D eigenvalue weighted by Gasteiger charge is 2.61. The van der Waals surface area contributed by atoms with E-state index in [0.29, 0.717) is 5.92 Å². The van der Waals surface area contributed by atoms with E-state index in [2.05, 4.69) is 58.2 Å². The summed E-state index contributed by atoms with van der Waals surface area (Å²) < 4.78 is 19.2. The minimum absolute atomic E-state index is 0.00735. The number of hydrogen-bond acceptors (Lipinski definition) is 5. The lowest BCUT2D eigenvalue weighted by Crippen LogP contribution is -2.56. The van der Waals surface area contributed by atoms with Crippen LogP contribution in [0.2, 0.25) is 12.1 Å². The highest BCUT2D eigenvalue weighted by Crippen LogP contribution is 2.48.